The molecule has 1 aromatic heterocycles. The molecule has 86 valence electrons. The molecule has 1 saturated carbocycles. The summed E-state index contributed by atoms with van der Waals surface area (Å²) in [6.07, 6.45) is 5.54. The number of rotatable bonds is 3. The quantitative estimate of drug-likeness (QED) is 0.788. The molecule has 0 aliphatic heterocycles. The monoisotopic (exact) mass is 297 g/mol. The Balaban J connectivity index is 2.13. The maximum absolute atomic E-state index is 9.46. The van der Waals surface area contributed by atoms with Gasteiger partial charge in [0.25, 0.3) is 0 Å². The highest BCUT2D eigenvalue weighted by Gasteiger charge is 2.39. The lowest BCUT2D eigenvalue weighted by molar-refractivity contribution is 0.383. The summed E-state index contributed by atoms with van der Waals surface area (Å²) in [6, 6.07) is 4.67. The molecular formula is C13H16BrNS. The molecule has 1 aliphatic carbocycles. The number of hydrogen-bond donors (Lipinski definition) is 0. The SMILES string of the molecule is CCC1CCC(C#N)(Cc2sccc2Br)C1. The highest BCUT2D eigenvalue weighted by atomic mass is 79.9. The lowest BCUT2D eigenvalue weighted by Crippen LogP contribution is -2.17. The fraction of sp³-hybridized carbons (Fsp3) is 0.615. The number of thiophene rings is 1. The number of halogens is 1. The Bertz CT molecular complexity index is 406. The van der Waals surface area contributed by atoms with Crippen LogP contribution in [0.3, 0.4) is 0 Å². The van der Waals surface area contributed by atoms with E-state index >= 15 is 0 Å². The van der Waals surface area contributed by atoms with Gasteiger partial charge in [0.1, 0.15) is 0 Å². The van der Waals surface area contributed by atoms with Gasteiger partial charge in [0.15, 0.2) is 0 Å². The number of nitriles is 1. The minimum atomic E-state index is -0.0892. The van der Waals surface area contributed by atoms with Crippen LogP contribution < -0.4 is 0 Å². The summed E-state index contributed by atoms with van der Waals surface area (Å²) in [5.41, 5.74) is -0.0892. The van der Waals surface area contributed by atoms with Crippen LogP contribution in [0.5, 0.6) is 0 Å². The van der Waals surface area contributed by atoms with Gasteiger partial charge in [-0.05, 0) is 52.6 Å². The minimum Gasteiger partial charge on any atom is -0.198 e. The molecule has 2 atom stereocenters. The Kier molecular flexibility index (Phi) is 3.71. The van der Waals surface area contributed by atoms with Crippen LogP contribution in [0, 0.1) is 22.7 Å². The van der Waals surface area contributed by atoms with Gasteiger partial charge in [0, 0.05) is 15.8 Å². The van der Waals surface area contributed by atoms with Crippen LogP contribution >= 0.6 is 27.3 Å². The van der Waals surface area contributed by atoms with Gasteiger partial charge in [-0.3, -0.25) is 0 Å². The maximum Gasteiger partial charge on any atom is 0.0693 e. The van der Waals surface area contributed by atoms with Gasteiger partial charge >= 0.3 is 0 Å². The molecule has 1 aromatic rings. The van der Waals surface area contributed by atoms with Crippen molar-refractivity contribution in [1.82, 2.24) is 0 Å². The van der Waals surface area contributed by atoms with Crippen molar-refractivity contribution < 1.29 is 0 Å². The van der Waals surface area contributed by atoms with E-state index in [4.69, 9.17) is 0 Å². The third-order valence-corrected chi connectivity index (χ3v) is 5.64. The normalized spacial score (nSPS) is 29.2. The average molecular weight is 298 g/mol. The molecule has 2 rings (SSSR count). The molecule has 1 aliphatic rings. The first-order valence-corrected chi connectivity index (χ1v) is 7.49. The fourth-order valence-electron chi connectivity index (χ4n) is 2.65. The van der Waals surface area contributed by atoms with Gasteiger partial charge in [0.05, 0.1) is 11.5 Å². The van der Waals surface area contributed by atoms with Crippen LogP contribution in [0.4, 0.5) is 0 Å². The smallest absolute Gasteiger partial charge is 0.0693 e. The topological polar surface area (TPSA) is 23.8 Å². The summed E-state index contributed by atoms with van der Waals surface area (Å²) in [4.78, 5) is 1.33. The summed E-state index contributed by atoms with van der Waals surface area (Å²) in [7, 11) is 0. The molecule has 16 heavy (non-hydrogen) atoms. The van der Waals surface area contributed by atoms with E-state index in [1.807, 2.05) is 0 Å². The van der Waals surface area contributed by atoms with E-state index in [0.717, 1.165) is 25.2 Å². The minimum absolute atomic E-state index is 0.0892. The van der Waals surface area contributed by atoms with Crippen molar-refractivity contribution in [2.75, 3.05) is 0 Å². The first kappa shape index (κ1) is 12.1. The first-order valence-electron chi connectivity index (χ1n) is 5.82. The molecule has 0 aromatic carbocycles. The highest BCUT2D eigenvalue weighted by molar-refractivity contribution is 9.10. The second-order valence-electron chi connectivity index (χ2n) is 4.78. The molecular weight excluding hydrogens is 282 g/mol. The molecule has 0 amide bonds. The van der Waals surface area contributed by atoms with Crippen LogP contribution in [0.2, 0.25) is 0 Å². The summed E-state index contributed by atoms with van der Waals surface area (Å²) in [5, 5.41) is 11.6. The van der Waals surface area contributed by atoms with E-state index in [-0.39, 0.29) is 5.41 Å². The second kappa shape index (κ2) is 4.89. The van der Waals surface area contributed by atoms with Crippen molar-refractivity contribution in [2.24, 2.45) is 11.3 Å². The van der Waals surface area contributed by atoms with Gasteiger partial charge in [-0.1, -0.05) is 13.3 Å². The van der Waals surface area contributed by atoms with Crippen LogP contribution in [0.1, 0.15) is 37.5 Å². The Hall–Kier alpha value is -0.330. The molecule has 0 bridgehead atoms. The lowest BCUT2D eigenvalue weighted by atomic mass is 9.82. The Labute approximate surface area is 110 Å². The second-order valence-corrected chi connectivity index (χ2v) is 6.63. The number of hydrogen-bond acceptors (Lipinski definition) is 2. The Morgan fingerprint density at radius 3 is 3.00 bits per heavy atom. The standard InChI is InChI=1S/C13H16BrNS/c1-2-10-3-5-13(7-10,9-15)8-12-11(14)4-6-16-12/h4,6,10H,2-3,5,7-8H2,1H3. The van der Waals surface area contributed by atoms with Crippen molar-refractivity contribution in [3.05, 3.63) is 20.8 Å². The molecule has 1 heterocycles. The molecule has 0 saturated heterocycles. The van der Waals surface area contributed by atoms with Crippen LogP contribution in [0.25, 0.3) is 0 Å². The Morgan fingerprint density at radius 1 is 1.69 bits per heavy atom. The fourth-order valence-corrected chi connectivity index (χ4v) is 4.28. The summed E-state index contributed by atoms with van der Waals surface area (Å²) >= 11 is 5.32. The lowest BCUT2D eigenvalue weighted by Gasteiger charge is -2.20. The van der Waals surface area contributed by atoms with Crippen molar-refractivity contribution in [2.45, 2.75) is 39.0 Å². The van der Waals surface area contributed by atoms with E-state index in [0.29, 0.717) is 0 Å². The van der Waals surface area contributed by atoms with E-state index in [9.17, 15) is 5.26 Å². The Morgan fingerprint density at radius 2 is 2.50 bits per heavy atom. The van der Waals surface area contributed by atoms with Crippen LogP contribution in [-0.4, -0.2) is 0 Å². The van der Waals surface area contributed by atoms with Crippen LogP contribution in [0.15, 0.2) is 15.9 Å². The van der Waals surface area contributed by atoms with Gasteiger partial charge < -0.3 is 0 Å². The predicted molar refractivity (Wildman–Crippen MR) is 71.4 cm³/mol. The van der Waals surface area contributed by atoms with E-state index < -0.39 is 0 Å². The molecule has 2 unspecified atom stereocenters. The molecule has 0 N–H and O–H groups in total. The summed E-state index contributed by atoms with van der Waals surface area (Å²) < 4.78 is 1.17. The molecule has 3 heteroatoms. The van der Waals surface area contributed by atoms with Gasteiger partial charge in [-0.2, -0.15) is 5.26 Å². The van der Waals surface area contributed by atoms with Crippen molar-refractivity contribution in [3.63, 3.8) is 0 Å². The molecule has 1 nitrogen and oxygen atoms in total. The van der Waals surface area contributed by atoms with E-state index in [1.54, 1.807) is 11.3 Å². The zero-order valence-electron chi connectivity index (χ0n) is 9.50. The zero-order chi connectivity index (χ0) is 11.6. The van der Waals surface area contributed by atoms with Gasteiger partial charge in [0.2, 0.25) is 0 Å². The van der Waals surface area contributed by atoms with Crippen molar-refractivity contribution in [1.29, 1.82) is 5.26 Å². The first-order chi connectivity index (χ1) is 7.69. The predicted octanol–water partition coefficient (Wildman–Crippen LogP) is 4.77. The third kappa shape index (κ3) is 2.33. The van der Waals surface area contributed by atoms with Crippen LogP contribution in [-0.2, 0) is 6.42 Å². The zero-order valence-corrected chi connectivity index (χ0v) is 11.9. The summed E-state index contributed by atoms with van der Waals surface area (Å²) in [6.45, 7) is 2.24. The molecule has 0 radical (unpaired) electrons. The molecule has 1 fully saturated rings. The van der Waals surface area contributed by atoms with Crippen molar-refractivity contribution >= 4 is 27.3 Å². The van der Waals surface area contributed by atoms with Gasteiger partial charge in [-0.15, -0.1) is 11.3 Å². The summed E-state index contributed by atoms with van der Waals surface area (Å²) in [5.74, 6) is 0.762. The van der Waals surface area contributed by atoms with Gasteiger partial charge in [-0.25, -0.2) is 0 Å². The van der Waals surface area contributed by atoms with Crippen molar-refractivity contribution in [3.8, 4) is 6.07 Å². The van der Waals surface area contributed by atoms with E-state index in [1.165, 1.54) is 22.2 Å². The maximum atomic E-state index is 9.46. The highest BCUT2D eigenvalue weighted by Crippen LogP contribution is 2.46. The molecule has 0 spiro atoms. The average Bonchev–Trinajstić information content (AvgIpc) is 2.88. The van der Waals surface area contributed by atoms with E-state index in [2.05, 4.69) is 40.4 Å². The third-order valence-electron chi connectivity index (χ3n) is 3.72. The largest absolute Gasteiger partial charge is 0.198 e. The number of nitrogens with zero attached hydrogens (tertiary/aromatic N) is 1.